The summed E-state index contributed by atoms with van der Waals surface area (Å²) in [6, 6.07) is 58.1. The van der Waals surface area contributed by atoms with Gasteiger partial charge in [-0.05, 0) is 86.4 Å². The standard InChI is InChI=1S/C50H33NO/c1-3-12-34(13-4-1)35-22-26-40(27-23-35)51(48-31-30-42(36-14-5-2-6-15-36)44-18-9-10-19-45(44)48)41-28-24-37(25-29-41)43-20-11-21-46-47-32-38-16-7-8-17-39(38)33-49(47)52-50(43)46/h1-33H/i22D,23D,26D,27D. The zero-order valence-corrected chi connectivity index (χ0v) is 28.1. The van der Waals surface area contributed by atoms with Gasteiger partial charge in [0.05, 0.1) is 11.2 Å². The fourth-order valence-electron chi connectivity index (χ4n) is 7.40. The molecule has 0 aliphatic carbocycles. The Balaban J connectivity index is 1.17. The Hall–Kier alpha value is -6.90. The third kappa shape index (κ3) is 5.12. The van der Waals surface area contributed by atoms with Gasteiger partial charge in [0.15, 0.2) is 0 Å². The van der Waals surface area contributed by atoms with E-state index >= 15 is 0 Å². The predicted molar refractivity (Wildman–Crippen MR) is 220 cm³/mol. The van der Waals surface area contributed by atoms with Crippen LogP contribution in [0.25, 0.3) is 76.9 Å². The minimum Gasteiger partial charge on any atom is -0.455 e. The molecule has 0 fully saturated rings. The average Bonchev–Trinajstić information content (AvgIpc) is 3.62. The fraction of sp³-hybridized carbons (Fsp3) is 0. The molecule has 0 spiro atoms. The van der Waals surface area contributed by atoms with Gasteiger partial charge in [-0.25, -0.2) is 0 Å². The third-order valence-electron chi connectivity index (χ3n) is 9.93. The van der Waals surface area contributed by atoms with Gasteiger partial charge in [-0.2, -0.15) is 0 Å². The van der Waals surface area contributed by atoms with Crippen LogP contribution in [0.3, 0.4) is 0 Å². The molecule has 0 amide bonds. The van der Waals surface area contributed by atoms with Crippen molar-refractivity contribution in [3.63, 3.8) is 0 Å². The van der Waals surface area contributed by atoms with Gasteiger partial charge in [-0.1, -0.05) is 158 Å². The first kappa shape index (κ1) is 26.0. The molecule has 10 aromatic rings. The maximum absolute atomic E-state index is 9.47. The Bertz CT molecular complexity index is 3090. The van der Waals surface area contributed by atoms with Crippen molar-refractivity contribution in [1.29, 1.82) is 0 Å². The van der Waals surface area contributed by atoms with E-state index in [1.165, 1.54) is 0 Å². The lowest BCUT2D eigenvalue weighted by Gasteiger charge is -2.28. The van der Waals surface area contributed by atoms with Crippen molar-refractivity contribution >= 4 is 60.5 Å². The number of para-hydroxylation sites is 1. The van der Waals surface area contributed by atoms with Crippen molar-refractivity contribution in [1.82, 2.24) is 0 Å². The molecule has 2 heteroatoms. The molecule has 0 radical (unpaired) electrons. The van der Waals surface area contributed by atoms with Gasteiger partial charge in [-0.3, -0.25) is 0 Å². The predicted octanol–water partition coefficient (Wildman–Crippen LogP) is 14.4. The summed E-state index contributed by atoms with van der Waals surface area (Å²) in [5.74, 6) is 0. The Labute approximate surface area is 308 Å². The van der Waals surface area contributed by atoms with Crippen molar-refractivity contribution in [2.24, 2.45) is 0 Å². The van der Waals surface area contributed by atoms with E-state index in [-0.39, 0.29) is 35.4 Å². The van der Waals surface area contributed by atoms with Crippen LogP contribution in [0.2, 0.25) is 0 Å². The topological polar surface area (TPSA) is 16.4 Å². The highest BCUT2D eigenvalue weighted by atomic mass is 16.3. The number of furan rings is 1. The van der Waals surface area contributed by atoms with Gasteiger partial charge in [0.25, 0.3) is 0 Å². The SMILES string of the molecule is [2H]c1c([2H])c(N(c2ccc(-c3cccc4c3oc3cc5ccccc5cc34)cc2)c2ccc(-c3ccccc3)c3ccccc23)c([2H])c([2H])c1-c1ccccc1. The molecule has 0 unspecified atom stereocenters. The molecule has 0 bridgehead atoms. The van der Waals surface area contributed by atoms with Gasteiger partial charge < -0.3 is 9.32 Å². The van der Waals surface area contributed by atoms with Crippen LogP contribution in [0.4, 0.5) is 17.1 Å². The number of benzene rings is 9. The molecule has 52 heavy (non-hydrogen) atoms. The molecule has 0 atom stereocenters. The Morgan fingerprint density at radius 3 is 1.75 bits per heavy atom. The molecule has 1 aromatic heterocycles. The Kier molecular flexibility index (Phi) is 6.22. The highest BCUT2D eigenvalue weighted by Gasteiger charge is 2.19. The molecule has 10 rings (SSSR count). The molecule has 0 aliphatic heterocycles. The smallest absolute Gasteiger partial charge is 0.143 e. The van der Waals surface area contributed by atoms with E-state index in [4.69, 9.17) is 4.42 Å². The monoisotopic (exact) mass is 667 g/mol. The Morgan fingerprint density at radius 2 is 1.00 bits per heavy atom. The molecule has 2 nitrogen and oxygen atoms in total. The summed E-state index contributed by atoms with van der Waals surface area (Å²) < 4.78 is 43.9. The van der Waals surface area contributed by atoms with E-state index < -0.39 is 0 Å². The summed E-state index contributed by atoms with van der Waals surface area (Å²) in [5.41, 5.74) is 8.21. The van der Waals surface area contributed by atoms with Crippen LogP contribution in [0, 0.1) is 0 Å². The number of hydrogen-bond acceptors (Lipinski definition) is 2. The van der Waals surface area contributed by atoms with Crippen LogP contribution in [0.5, 0.6) is 0 Å². The van der Waals surface area contributed by atoms with E-state index in [1.807, 2.05) is 108 Å². The van der Waals surface area contributed by atoms with Gasteiger partial charge >= 0.3 is 0 Å². The zero-order valence-electron chi connectivity index (χ0n) is 32.1. The zero-order chi connectivity index (χ0) is 37.9. The summed E-state index contributed by atoms with van der Waals surface area (Å²) in [7, 11) is 0. The number of fused-ring (bicyclic) bond motifs is 5. The number of anilines is 3. The lowest BCUT2D eigenvalue weighted by Crippen LogP contribution is -2.10. The summed E-state index contributed by atoms with van der Waals surface area (Å²) in [4.78, 5) is 1.88. The quantitative estimate of drug-likeness (QED) is 0.175. The van der Waals surface area contributed by atoms with Crippen molar-refractivity contribution in [3.05, 3.63) is 200 Å². The summed E-state index contributed by atoms with van der Waals surface area (Å²) in [5, 5.41) is 6.32. The minimum atomic E-state index is -0.121. The molecule has 9 aromatic carbocycles. The van der Waals surface area contributed by atoms with Crippen LogP contribution in [0.15, 0.2) is 205 Å². The van der Waals surface area contributed by atoms with E-state index in [0.29, 0.717) is 11.3 Å². The number of hydrogen-bond donors (Lipinski definition) is 0. The molecule has 0 saturated carbocycles. The van der Waals surface area contributed by atoms with Crippen LogP contribution >= 0.6 is 0 Å². The molecule has 0 saturated heterocycles. The summed E-state index contributed by atoms with van der Waals surface area (Å²) >= 11 is 0. The second-order valence-corrected chi connectivity index (χ2v) is 13.0. The highest BCUT2D eigenvalue weighted by molar-refractivity contribution is 6.13. The second kappa shape index (κ2) is 12.5. The number of nitrogens with zero attached hydrogens (tertiary/aromatic N) is 1. The van der Waals surface area contributed by atoms with Crippen LogP contribution in [-0.4, -0.2) is 0 Å². The number of rotatable bonds is 6. The third-order valence-corrected chi connectivity index (χ3v) is 9.93. The first-order valence-corrected chi connectivity index (χ1v) is 17.4. The van der Waals surface area contributed by atoms with Crippen LogP contribution in [0.1, 0.15) is 5.48 Å². The molecule has 1 heterocycles. The molecule has 244 valence electrons. The van der Waals surface area contributed by atoms with E-state index in [1.54, 1.807) is 0 Å². The lowest BCUT2D eigenvalue weighted by molar-refractivity contribution is 0.670. The second-order valence-electron chi connectivity index (χ2n) is 13.0. The largest absolute Gasteiger partial charge is 0.455 e. The molecule has 0 N–H and O–H groups in total. The van der Waals surface area contributed by atoms with E-state index in [2.05, 4.69) is 72.8 Å². The van der Waals surface area contributed by atoms with E-state index in [9.17, 15) is 5.48 Å². The summed E-state index contributed by atoms with van der Waals surface area (Å²) in [6.45, 7) is 0. The van der Waals surface area contributed by atoms with Crippen molar-refractivity contribution in [2.75, 3.05) is 4.90 Å². The van der Waals surface area contributed by atoms with Gasteiger partial charge in [0.2, 0.25) is 0 Å². The first-order chi connectivity index (χ1) is 27.5. The summed E-state index contributed by atoms with van der Waals surface area (Å²) in [6.07, 6.45) is 0. The normalized spacial score (nSPS) is 12.5. The molecule has 0 aliphatic rings. The Morgan fingerprint density at radius 1 is 0.385 bits per heavy atom. The van der Waals surface area contributed by atoms with Crippen molar-refractivity contribution < 1.29 is 9.90 Å². The fourth-order valence-corrected chi connectivity index (χ4v) is 7.40. The molecular weight excluding hydrogens is 631 g/mol. The minimum absolute atomic E-state index is 0.0942. The van der Waals surface area contributed by atoms with Gasteiger partial charge in [0.1, 0.15) is 11.2 Å². The highest BCUT2D eigenvalue weighted by Crippen LogP contribution is 2.44. The average molecular weight is 668 g/mol. The van der Waals surface area contributed by atoms with Gasteiger partial charge in [-0.15, -0.1) is 0 Å². The maximum Gasteiger partial charge on any atom is 0.143 e. The molecular formula is C50H33NO. The van der Waals surface area contributed by atoms with E-state index in [0.717, 1.165) is 71.4 Å². The van der Waals surface area contributed by atoms with Crippen molar-refractivity contribution in [3.8, 4) is 33.4 Å². The van der Waals surface area contributed by atoms with Gasteiger partial charge in [0, 0.05) is 33.1 Å². The first-order valence-electron chi connectivity index (χ1n) is 19.4. The lowest BCUT2D eigenvalue weighted by atomic mass is 9.96. The maximum atomic E-state index is 9.47. The van der Waals surface area contributed by atoms with Crippen LogP contribution < -0.4 is 4.90 Å². The van der Waals surface area contributed by atoms with Crippen molar-refractivity contribution in [2.45, 2.75) is 0 Å². The van der Waals surface area contributed by atoms with Crippen LogP contribution in [-0.2, 0) is 0 Å².